The van der Waals surface area contributed by atoms with Crippen LogP contribution in [0.2, 0.25) is 0 Å². The van der Waals surface area contributed by atoms with E-state index in [1.807, 2.05) is 6.07 Å². The van der Waals surface area contributed by atoms with Crippen molar-refractivity contribution < 1.29 is 19.7 Å². The number of benzene rings is 2. The van der Waals surface area contributed by atoms with E-state index in [0.29, 0.717) is 5.56 Å². The number of aromatic hydroxyl groups is 2. The molecular formula is C14H12O4. The van der Waals surface area contributed by atoms with Crippen molar-refractivity contribution in [1.82, 2.24) is 0 Å². The molecule has 0 bridgehead atoms. The van der Waals surface area contributed by atoms with E-state index in [1.54, 1.807) is 25.1 Å². The molecule has 0 spiro atoms. The van der Waals surface area contributed by atoms with Gasteiger partial charge >= 0.3 is 5.97 Å². The van der Waals surface area contributed by atoms with Crippen LogP contribution in [0.5, 0.6) is 17.2 Å². The summed E-state index contributed by atoms with van der Waals surface area (Å²) in [5.41, 5.74) is 1.23. The van der Waals surface area contributed by atoms with Crippen LogP contribution in [0.15, 0.2) is 42.5 Å². The second kappa shape index (κ2) is 4.79. The molecule has 0 saturated carbocycles. The van der Waals surface area contributed by atoms with Gasteiger partial charge in [-0.1, -0.05) is 18.2 Å². The van der Waals surface area contributed by atoms with Crippen molar-refractivity contribution in [3.05, 3.63) is 53.6 Å². The molecule has 4 nitrogen and oxygen atoms in total. The number of phenolic OH excluding ortho intramolecular Hbond substituents is 2. The molecule has 0 unspecified atom stereocenters. The number of phenols is 2. The molecular weight excluding hydrogens is 232 g/mol. The normalized spacial score (nSPS) is 10.1. The molecule has 4 heteroatoms. The predicted molar refractivity (Wildman–Crippen MR) is 65.9 cm³/mol. The molecule has 0 radical (unpaired) electrons. The summed E-state index contributed by atoms with van der Waals surface area (Å²) in [5.74, 6) is -0.907. The van der Waals surface area contributed by atoms with E-state index in [-0.39, 0.29) is 17.2 Å². The topological polar surface area (TPSA) is 66.8 Å². The molecule has 92 valence electrons. The molecule has 0 fully saturated rings. The Kier molecular flexibility index (Phi) is 3.19. The van der Waals surface area contributed by atoms with Crippen LogP contribution in [0.4, 0.5) is 0 Å². The van der Waals surface area contributed by atoms with E-state index in [0.717, 1.165) is 11.6 Å². The van der Waals surface area contributed by atoms with E-state index in [2.05, 4.69) is 0 Å². The number of esters is 1. The third-order valence-corrected chi connectivity index (χ3v) is 2.51. The highest BCUT2D eigenvalue weighted by Crippen LogP contribution is 2.30. The summed E-state index contributed by atoms with van der Waals surface area (Å²) in [4.78, 5) is 11.9. The Morgan fingerprint density at radius 2 is 1.83 bits per heavy atom. The highest BCUT2D eigenvalue weighted by molar-refractivity contribution is 5.92. The van der Waals surface area contributed by atoms with Gasteiger partial charge in [-0.25, -0.2) is 4.79 Å². The Morgan fingerprint density at radius 3 is 2.50 bits per heavy atom. The summed E-state index contributed by atoms with van der Waals surface area (Å²) in [6.07, 6.45) is 0. The van der Waals surface area contributed by atoms with Crippen molar-refractivity contribution in [2.24, 2.45) is 0 Å². The molecule has 0 heterocycles. The molecule has 2 N–H and O–H groups in total. The van der Waals surface area contributed by atoms with Gasteiger partial charge < -0.3 is 14.9 Å². The van der Waals surface area contributed by atoms with Gasteiger partial charge in [-0.15, -0.1) is 0 Å². The average Bonchev–Trinajstić information content (AvgIpc) is 2.33. The summed E-state index contributed by atoms with van der Waals surface area (Å²) < 4.78 is 5.07. The van der Waals surface area contributed by atoms with Crippen LogP contribution >= 0.6 is 0 Å². The van der Waals surface area contributed by atoms with Crippen molar-refractivity contribution >= 4 is 5.97 Å². The third kappa shape index (κ3) is 2.43. The first-order valence-corrected chi connectivity index (χ1v) is 5.37. The summed E-state index contributed by atoms with van der Waals surface area (Å²) in [6.45, 7) is 1.80. The molecule has 0 amide bonds. The Balaban J connectivity index is 2.24. The number of hydrogen-bond acceptors (Lipinski definition) is 4. The fraction of sp³-hybridized carbons (Fsp3) is 0.0714. The lowest BCUT2D eigenvalue weighted by Gasteiger charge is -2.08. The summed E-state index contributed by atoms with van der Waals surface area (Å²) >= 11 is 0. The first-order chi connectivity index (χ1) is 8.58. The number of carbonyl (C=O) groups excluding carboxylic acids is 1. The molecule has 0 aliphatic rings. The molecule has 2 aromatic carbocycles. The van der Waals surface area contributed by atoms with Crippen LogP contribution in [0, 0.1) is 6.92 Å². The van der Waals surface area contributed by atoms with Crippen molar-refractivity contribution in [2.45, 2.75) is 6.92 Å². The van der Waals surface area contributed by atoms with Crippen molar-refractivity contribution in [3.8, 4) is 17.2 Å². The average molecular weight is 244 g/mol. The van der Waals surface area contributed by atoms with Gasteiger partial charge in [-0.2, -0.15) is 0 Å². The zero-order valence-electron chi connectivity index (χ0n) is 9.75. The molecule has 0 aliphatic heterocycles. The minimum Gasteiger partial charge on any atom is -0.508 e. The zero-order chi connectivity index (χ0) is 13.1. The second-order valence-electron chi connectivity index (χ2n) is 3.86. The van der Waals surface area contributed by atoms with Crippen molar-refractivity contribution in [2.75, 3.05) is 0 Å². The van der Waals surface area contributed by atoms with E-state index < -0.39 is 5.97 Å². The van der Waals surface area contributed by atoms with Gasteiger partial charge in [-0.3, -0.25) is 0 Å². The fourth-order valence-electron chi connectivity index (χ4n) is 1.55. The highest BCUT2D eigenvalue weighted by Gasteiger charge is 2.13. The summed E-state index contributed by atoms with van der Waals surface area (Å²) in [6, 6.07) is 10.8. The van der Waals surface area contributed by atoms with Gasteiger partial charge in [0, 0.05) is 6.07 Å². The van der Waals surface area contributed by atoms with E-state index in [1.165, 1.54) is 12.1 Å². The van der Waals surface area contributed by atoms with Crippen molar-refractivity contribution in [1.29, 1.82) is 0 Å². The summed E-state index contributed by atoms with van der Waals surface area (Å²) in [7, 11) is 0. The monoisotopic (exact) mass is 244 g/mol. The minimum atomic E-state index is -0.547. The third-order valence-electron chi connectivity index (χ3n) is 2.51. The van der Waals surface area contributed by atoms with Gasteiger partial charge in [0.1, 0.15) is 5.75 Å². The number of hydrogen-bond donors (Lipinski definition) is 2. The smallest absolute Gasteiger partial charge is 0.343 e. The molecule has 0 aromatic heterocycles. The van der Waals surface area contributed by atoms with Gasteiger partial charge in [0.05, 0.1) is 5.56 Å². The Bertz CT molecular complexity index is 590. The van der Waals surface area contributed by atoms with E-state index in [9.17, 15) is 9.90 Å². The van der Waals surface area contributed by atoms with Gasteiger partial charge in [-0.05, 0) is 30.7 Å². The maximum absolute atomic E-state index is 11.9. The first-order valence-electron chi connectivity index (χ1n) is 5.37. The van der Waals surface area contributed by atoms with Gasteiger partial charge in [0.25, 0.3) is 0 Å². The number of ether oxygens (including phenoxy) is 1. The molecule has 2 aromatic rings. The van der Waals surface area contributed by atoms with Gasteiger partial charge in [0.2, 0.25) is 0 Å². The van der Waals surface area contributed by atoms with Crippen LogP contribution in [0.25, 0.3) is 0 Å². The quantitative estimate of drug-likeness (QED) is 0.629. The molecule has 0 atom stereocenters. The Hall–Kier alpha value is -2.49. The van der Waals surface area contributed by atoms with Gasteiger partial charge in [0.15, 0.2) is 11.5 Å². The van der Waals surface area contributed by atoms with E-state index >= 15 is 0 Å². The number of aryl methyl sites for hydroxylation is 1. The summed E-state index contributed by atoms with van der Waals surface area (Å²) in [5, 5.41) is 18.7. The Morgan fingerprint density at radius 1 is 1.11 bits per heavy atom. The van der Waals surface area contributed by atoms with Crippen molar-refractivity contribution in [3.63, 3.8) is 0 Å². The van der Waals surface area contributed by atoms with E-state index in [4.69, 9.17) is 9.84 Å². The highest BCUT2D eigenvalue weighted by atomic mass is 16.5. The van der Waals surface area contributed by atoms with Crippen LogP contribution in [0.1, 0.15) is 15.9 Å². The molecule has 18 heavy (non-hydrogen) atoms. The predicted octanol–water partition coefficient (Wildman–Crippen LogP) is 2.63. The molecule has 0 aliphatic carbocycles. The fourth-order valence-corrected chi connectivity index (χ4v) is 1.55. The van der Waals surface area contributed by atoms with Crippen LogP contribution < -0.4 is 4.74 Å². The minimum absolute atomic E-state index is 0.0149. The molecule has 0 saturated heterocycles. The standard InChI is InChI=1S/C14H12O4/c1-9-4-2-3-5-11(9)14(17)18-13-7-6-10(15)8-12(13)16/h2-8,15-16H,1H3. The maximum Gasteiger partial charge on any atom is 0.343 e. The zero-order valence-corrected chi connectivity index (χ0v) is 9.75. The largest absolute Gasteiger partial charge is 0.508 e. The van der Waals surface area contributed by atoms with Crippen LogP contribution in [-0.4, -0.2) is 16.2 Å². The maximum atomic E-state index is 11.9. The SMILES string of the molecule is Cc1ccccc1C(=O)Oc1ccc(O)cc1O. The lowest BCUT2D eigenvalue weighted by atomic mass is 10.1. The first kappa shape index (κ1) is 12.0. The lowest BCUT2D eigenvalue weighted by Crippen LogP contribution is -2.10. The second-order valence-corrected chi connectivity index (χ2v) is 3.86. The lowest BCUT2D eigenvalue weighted by molar-refractivity contribution is 0.0728. The Labute approximate surface area is 104 Å². The number of rotatable bonds is 2. The number of carbonyl (C=O) groups is 1. The van der Waals surface area contributed by atoms with Crippen LogP contribution in [-0.2, 0) is 0 Å². The van der Waals surface area contributed by atoms with Crippen LogP contribution in [0.3, 0.4) is 0 Å². The molecule has 2 rings (SSSR count).